The number of likely N-dealkylation sites (tertiary alicyclic amines) is 1. The fourth-order valence-corrected chi connectivity index (χ4v) is 4.06. The van der Waals surface area contributed by atoms with Crippen LogP contribution in [0.15, 0.2) is 30.6 Å². The van der Waals surface area contributed by atoms with Crippen molar-refractivity contribution in [3.63, 3.8) is 0 Å². The Morgan fingerprint density at radius 2 is 2.10 bits per heavy atom. The third-order valence-corrected chi connectivity index (χ3v) is 5.63. The molecule has 0 amide bonds. The number of nitro groups is 1. The van der Waals surface area contributed by atoms with Gasteiger partial charge in [-0.3, -0.25) is 14.9 Å². The molecule has 1 atom stereocenters. The molecule has 1 aliphatic heterocycles. The number of anilines is 1. The summed E-state index contributed by atoms with van der Waals surface area (Å²) in [6.45, 7) is 5.02. The van der Waals surface area contributed by atoms with E-state index in [1.54, 1.807) is 36.9 Å². The molecule has 0 saturated carbocycles. The number of piperidine rings is 1. The third kappa shape index (κ3) is 5.03. The van der Waals surface area contributed by atoms with Crippen molar-refractivity contribution in [1.29, 1.82) is 0 Å². The Hall–Kier alpha value is -2.78. The topological polar surface area (TPSA) is 105 Å². The molecule has 0 aliphatic carbocycles. The standard InChI is InChI=1S/C21H29N5O4/c1-15(27)13-25-9-6-16(7-10-25)14-24(3)18-5-4-17(12-19(18)26(29)30)20(28)21-22-8-11-23(21)2/h4-5,8,11-12,15-16,27H,6-7,9-10,13-14H2,1-3H3. The van der Waals surface area contributed by atoms with Crippen molar-refractivity contribution in [2.45, 2.75) is 25.9 Å². The summed E-state index contributed by atoms with van der Waals surface area (Å²) in [5.74, 6) is 0.327. The molecule has 1 unspecified atom stereocenters. The van der Waals surface area contributed by atoms with E-state index >= 15 is 0 Å². The lowest BCUT2D eigenvalue weighted by Crippen LogP contribution is -2.40. The number of β-amino-alcohol motifs (C(OH)–C–C–N with tert-alkyl or cyclic N) is 1. The molecule has 162 valence electrons. The fraction of sp³-hybridized carbons (Fsp3) is 0.524. The molecule has 3 rings (SSSR count). The number of imidazole rings is 1. The molecule has 9 nitrogen and oxygen atoms in total. The number of aromatic nitrogens is 2. The average molecular weight is 415 g/mol. The predicted octanol–water partition coefficient (Wildman–Crippen LogP) is 2.09. The van der Waals surface area contributed by atoms with Gasteiger partial charge in [0, 0.05) is 51.2 Å². The van der Waals surface area contributed by atoms with Crippen molar-refractivity contribution >= 4 is 17.2 Å². The maximum absolute atomic E-state index is 12.7. The second-order valence-corrected chi connectivity index (χ2v) is 8.13. The zero-order valence-electron chi connectivity index (χ0n) is 17.7. The number of rotatable bonds is 8. The molecular formula is C21H29N5O4. The Morgan fingerprint density at radius 1 is 1.40 bits per heavy atom. The lowest BCUT2D eigenvalue weighted by atomic mass is 9.95. The molecule has 2 aromatic rings. The summed E-state index contributed by atoms with van der Waals surface area (Å²) in [4.78, 5) is 32.1. The van der Waals surface area contributed by atoms with Crippen LogP contribution in [0.5, 0.6) is 0 Å². The van der Waals surface area contributed by atoms with E-state index in [2.05, 4.69) is 9.88 Å². The largest absolute Gasteiger partial charge is 0.392 e. The molecule has 1 aromatic carbocycles. The first-order valence-electron chi connectivity index (χ1n) is 10.2. The summed E-state index contributed by atoms with van der Waals surface area (Å²) in [6, 6.07) is 4.62. The monoisotopic (exact) mass is 415 g/mol. The number of nitro benzene ring substituents is 1. The van der Waals surface area contributed by atoms with Crippen molar-refractivity contribution in [3.8, 4) is 0 Å². The van der Waals surface area contributed by atoms with Crippen LogP contribution in [0.1, 0.15) is 35.9 Å². The van der Waals surface area contributed by atoms with Crippen LogP contribution < -0.4 is 4.90 Å². The van der Waals surface area contributed by atoms with E-state index in [0.29, 0.717) is 24.7 Å². The first-order chi connectivity index (χ1) is 14.3. The lowest BCUT2D eigenvalue weighted by molar-refractivity contribution is -0.384. The van der Waals surface area contributed by atoms with E-state index in [1.165, 1.54) is 12.3 Å². The van der Waals surface area contributed by atoms with Crippen LogP contribution in [0.25, 0.3) is 0 Å². The number of aliphatic hydroxyl groups excluding tert-OH is 1. The van der Waals surface area contributed by atoms with Gasteiger partial charge in [0.2, 0.25) is 5.78 Å². The summed E-state index contributed by atoms with van der Waals surface area (Å²) in [6.07, 6.45) is 4.83. The molecule has 9 heteroatoms. The minimum absolute atomic E-state index is 0.0795. The van der Waals surface area contributed by atoms with Crippen molar-refractivity contribution in [2.75, 3.05) is 38.1 Å². The molecule has 1 aliphatic rings. The van der Waals surface area contributed by atoms with E-state index in [-0.39, 0.29) is 29.0 Å². The van der Waals surface area contributed by atoms with Crippen molar-refractivity contribution in [3.05, 3.63) is 52.1 Å². The quantitative estimate of drug-likeness (QED) is 0.400. The number of hydrogen-bond acceptors (Lipinski definition) is 7. The number of nitrogens with zero attached hydrogens (tertiary/aromatic N) is 5. The highest BCUT2D eigenvalue weighted by atomic mass is 16.6. The summed E-state index contributed by atoms with van der Waals surface area (Å²) in [5.41, 5.74) is 0.673. The van der Waals surface area contributed by atoms with Gasteiger partial charge in [-0.25, -0.2) is 4.98 Å². The van der Waals surface area contributed by atoms with Gasteiger partial charge in [0.05, 0.1) is 11.0 Å². The fourth-order valence-electron chi connectivity index (χ4n) is 4.06. The van der Waals surface area contributed by atoms with E-state index in [4.69, 9.17) is 0 Å². The first-order valence-corrected chi connectivity index (χ1v) is 10.2. The Morgan fingerprint density at radius 3 is 2.67 bits per heavy atom. The number of carbonyl (C=O) groups excluding carboxylic acids is 1. The highest BCUT2D eigenvalue weighted by Gasteiger charge is 2.25. The molecule has 1 saturated heterocycles. The zero-order chi connectivity index (χ0) is 21.8. The van der Waals surface area contributed by atoms with Crippen molar-refractivity contribution < 1.29 is 14.8 Å². The van der Waals surface area contributed by atoms with Gasteiger partial charge in [0.25, 0.3) is 5.69 Å². The van der Waals surface area contributed by atoms with Crippen LogP contribution >= 0.6 is 0 Å². The highest BCUT2D eigenvalue weighted by Crippen LogP contribution is 2.31. The number of ketones is 1. The minimum atomic E-state index is -0.438. The van der Waals surface area contributed by atoms with E-state index in [1.807, 2.05) is 11.9 Å². The Labute approximate surface area is 176 Å². The van der Waals surface area contributed by atoms with Crippen LogP contribution in [0.4, 0.5) is 11.4 Å². The summed E-state index contributed by atoms with van der Waals surface area (Å²) >= 11 is 0. The van der Waals surface area contributed by atoms with Gasteiger partial charge in [-0.1, -0.05) is 0 Å². The van der Waals surface area contributed by atoms with Crippen LogP contribution in [0.2, 0.25) is 0 Å². The third-order valence-electron chi connectivity index (χ3n) is 5.63. The zero-order valence-corrected chi connectivity index (χ0v) is 17.7. The second kappa shape index (κ2) is 9.36. The van der Waals surface area contributed by atoms with Crippen LogP contribution in [-0.4, -0.2) is 69.6 Å². The summed E-state index contributed by atoms with van der Waals surface area (Å²) < 4.78 is 1.60. The Bertz CT molecular complexity index is 903. The maximum Gasteiger partial charge on any atom is 0.293 e. The van der Waals surface area contributed by atoms with Gasteiger partial charge in [-0.05, 0) is 50.9 Å². The van der Waals surface area contributed by atoms with Crippen LogP contribution in [-0.2, 0) is 7.05 Å². The number of carbonyl (C=O) groups is 1. The normalized spacial score (nSPS) is 16.4. The highest BCUT2D eigenvalue weighted by molar-refractivity contribution is 6.07. The molecule has 0 spiro atoms. The van der Waals surface area contributed by atoms with E-state index in [0.717, 1.165) is 25.9 Å². The number of aliphatic hydroxyl groups is 1. The molecule has 1 fully saturated rings. The van der Waals surface area contributed by atoms with E-state index in [9.17, 15) is 20.0 Å². The Kier molecular flexibility index (Phi) is 6.84. The number of benzene rings is 1. The van der Waals surface area contributed by atoms with Gasteiger partial charge in [0.1, 0.15) is 5.69 Å². The lowest BCUT2D eigenvalue weighted by Gasteiger charge is -2.34. The first kappa shape index (κ1) is 21.9. The SMILES string of the molecule is CC(O)CN1CCC(CN(C)c2ccc(C(=O)c3nccn3C)cc2[N+](=O)[O-])CC1. The van der Waals surface area contributed by atoms with Gasteiger partial charge >= 0.3 is 0 Å². The second-order valence-electron chi connectivity index (χ2n) is 8.13. The average Bonchev–Trinajstić information content (AvgIpc) is 3.13. The molecule has 2 heterocycles. The predicted molar refractivity (Wildman–Crippen MR) is 114 cm³/mol. The van der Waals surface area contributed by atoms with Crippen LogP contribution in [0.3, 0.4) is 0 Å². The van der Waals surface area contributed by atoms with Crippen molar-refractivity contribution in [2.24, 2.45) is 13.0 Å². The summed E-state index contributed by atoms with van der Waals surface area (Å²) in [5, 5.41) is 21.2. The van der Waals surface area contributed by atoms with Crippen molar-refractivity contribution in [1.82, 2.24) is 14.5 Å². The maximum atomic E-state index is 12.7. The van der Waals surface area contributed by atoms with Crippen LogP contribution in [0, 0.1) is 16.0 Å². The van der Waals surface area contributed by atoms with Gasteiger partial charge in [0.15, 0.2) is 5.82 Å². The Balaban J connectivity index is 1.72. The van der Waals surface area contributed by atoms with Gasteiger partial charge in [-0.2, -0.15) is 0 Å². The van der Waals surface area contributed by atoms with Gasteiger partial charge in [-0.15, -0.1) is 0 Å². The summed E-state index contributed by atoms with van der Waals surface area (Å²) in [7, 11) is 3.56. The smallest absolute Gasteiger partial charge is 0.293 e. The molecule has 0 bridgehead atoms. The number of aryl methyl sites for hydroxylation is 1. The molecule has 1 N–H and O–H groups in total. The molecule has 30 heavy (non-hydrogen) atoms. The van der Waals surface area contributed by atoms with E-state index < -0.39 is 4.92 Å². The minimum Gasteiger partial charge on any atom is -0.392 e. The van der Waals surface area contributed by atoms with Gasteiger partial charge < -0.3 is 19.5 Å². The molecule has 1 aromatic heterocycles. The number of hydrogen-bond donors (Lipinski definition) is 1. The molecular weight excluding hydrogens is 386 g/mol. The molecule has 0 radical (unpaired) electrons.